The van der Waals surface area contributed by atoms with Crippen molar-refractivity contribution in [1.29, 1.82) is 0 Å². The first kappa shape index (κ1) is 14.9. The van der Waals surface area contributed by atoms with E-state index in [1.165, 1.54) is 19.3 Å². The van der Waals surface area contributed by atoms with Gasteiger partial charge < -0.3 is 9.80 Å². The lowest BCUT2D eigenvalue weighted by atomic mass is 10.1. The van der Waals surface area contributed by atoms with Crippen LogP contribution in [0, 0.1) is 0 Å². The number of hydrogen-bond acceptors (Lipinski definition) is 7. The molecule has 0 spiro atoms. The summed E-state index contributed by atoms with van der Waals surface area (Å²) in [5.74, 6) is 0.537. The van der Waals surface area contributed by atoms with Crippen LogP contribution in [0.2, 0.25) is 0 Å². The SMILES string of the molecule is CN(CCc1nn[nH]n1)C(=O)c1csc(N2CCCCC2)n1. The fourth-order valence-electron chi connectivity index (χ4n) is 2.45. The maximum atomic E-state index is 12.4. The molecule has 2 aromatic rings. The minimum absolute atomic E-state index is 0.0667. The number of H-pyrrole nitrogens is 1. The van der Waals surface area contributed by atoms with Crippen LogP contribution in [-0.4, -0.2) is 63.1 Å². The fraction of sp³-hybridized carbons (Fsp3) is 0.615. The molecule has 3 rings (SSSR count). The molecule has 1 amide bonds. The van der Waals surface area contributed by atoms with Gasteiger partial charge in [-0.3, -0.25) is 4.79 Å². The van der Waals surface area contributed by atoms with Crippen LogP contribution in [0.4, 0.5) is 5.13 Å². The minimum atomic E-state index is -0.0667. The largest absolute Gasteiger partial charge is 0.348 e. The number of thiazole rings is 1. The molecule has 0 aliphatic carbocycles. The molecular weight excluding hydrogens is 302 g/mol. The van der Waals surface area contributed by atoms with Gasteiger partial charge in [0.1, 0.15) is 5.69 Å². The van der Waals surface area contributed by atoms with E-state index < -0.39 is 0 Å². The number of aromatic nitrogens is 5. The zero-order valence-electron chi connectivity index (χ0n) is 12.5. The highest BCUT2D eigenvalue weighted by Crippen LogP contribution is 2.24. The lowest BCUT2D eigenvalue weighted by Crippen LogP contribution is -2.31. The first-order valence-electron chi connectivity index (χ1n) is 7.42. The molecule has 0 aromatic carbocycles. The molecule has 0 saturated carbocycles. The highest BCUT2D eigenvalue weighted by Gasteiger charge is 2.19. The van der Waals surface area contributed by atoms with Crippen LogP contribution in [0.25, 0.3) is 0 Å². The van der Waals surface area contributed by atoms with E-state index in [0.29, 0.717) is 24.5 Å². The number of anilines is 1. The van der Waals surface area contributed by atoms with Crippen molar-refractivity contribution in [3.63, 3.8) is 0 Å². The summed E-state index contributed by atoms with van der Waals surface area (Å²) in [4.78, 5) is 20.8. The molecule has 118 valence electrons. The molecule has 22 heavy (non-hydrogen) atoms. The van der Waals surface area contributed by atoms with Crippen molar-refractivity contribution in [3.05, 3.63) is 16.9 Å². The molecule has 1 N–H and O–H groups in total. The second-order valence-electron chi connectivity index (χ2n) is 5.37. The smallest absolute Gasteiger partial charge is 0.273 e. The van der Waals surface area contributed by atoms with Crippen LogP contribution in [0.3, 0.4) is 0 Å². The Bertz CT molecular complexity index is 606. The van der Waals surface area contributed by atoms with Crippen molar-refractivity contribution in [1.82, 2.24) is 30.5 Å². The van der Waals surface area contributed by atoms with Gasteiger partial charge in [0.25, 0.3) is 5.91 Å². The molecule has 1 aliphatic rings. The number of likely N-dealkylation sites (N-methyl/N-ethyl adjacent to an activating group) is 1. The monoisotopic (exact) mass is 321 g/mol. The number of rotatable bonds is 5. The summed E-state index contributed by atoms with van der Waals surface area (Å²) >= 11 is 1.55. The van der Waals surface area contributed by atoms with Gasteiger partial charge in [-0.2, -0.15) is 5.21 Å². The zero-order chi connectivity index (χ0) is 15.4. The van der Waals surface area contributed by atoms with E-state index in [1.807, 2.05) is 5.38 Å². The molecule has 1 saturated heterocycles. The number of carbonyl (C=O) groups excluding carboxylic acids is 1. The number of tetrazole rings is 1. The third-order valence-corrected chi connectivity index (χ3v) is 4.65. The van der Waals surface area contributed by atoms with E-state index in [1.54, 1.807) is 23.3 Å². The van der Waals surface area contributed by atoms with E-state index in [4.69, 9.17) is 0 Å². The first-order chi connectivity index (χ1) is 10.7. The summed E-state index contributed by atoms with van der Waals surface area (Å²) in [7, 11) is 1.77. The Morgan fingerprint density at radius 2 is 2.23 bits per heavy atom. The predicted octanol–water partition coefficient (Wildman–Crippen LogP) is 0.961. The summed E-state index contributed by atoms with van der Waals surface area (Å²) in [6.45, 7) is 2.61. The number of hydrogen-bond donors (Lipinski definition) is 1. The molecule has 0 atom stereocenters. The van der Waals surface area contributed by atoms with Gasteiger partial charge in [0.2, 0.25) is 0 Å². The lowest BCUT2D eigenvalue weighted by Gasteiger charge is -2.25. The highest BCUT2D eigenvalue weighted by atomic mass is 32.1. The molecule has 3 heterocycles. The molecule has 2 aromatic heterocycles. The third-order valence-electron chi connectivity index (χ3n) is 3.74. The van der Waals surface area contributed by atoms with Crippen LogP contribution in [0.1, 0.15) is 35.6 Å². The van der Waals surface area contributed by atoms with E-state index in [0.717, 1.165) is 18.2 Å². The number of aromatic amines is 1. The van der Waals surface area contributed by atoms with Gasteiger partial charge >= 0.3 is 0 Å². The molecule has 0 bridgehead atoms. The quantitative estimate of drug-likeness (QED) is 0.882. The predicted molar refractivity (Wildman–Crippen MR) is 83.0 cm³/mol. The minimum Gasteiger partial charge on any atom is -0.348 e. The molecular formula is C13H19N7OS. The number of nitrogens with zero attached hydrogens (tertiary/aromatic N) is 6. The molecule has 1 fully saturated rings. The van der Waals surface area contributed by atoms with Crippen LogP contribution >= 0.6 is 11.3 Å². The van der Waals surface area contributed by atoms with E-state index >= 15 is 0 Å². The van der Waals surface area contributed by atoms with Gasteiger partial charge in [0.05, 0.1) is 0 Å². The molecule has 9 heteroatoms. The second-order valence-corrected chi connectivity index (χ2v) is 6.20. The number of piperidine rings is 1. The normalized spacial score (nSPS) is 15.0. The Hall–Kier alpha value is -2.03. The highest BCUT2D eigenvalue weighted by molar-refractivity contribution is 7.13. The summed E-state index contributed by atoms with van der Waals surface area (Å²) < 4.78 is 0. The standard InChI is InChI=1S/C13H19N7OS/c1-19(8-5-11-15-17-18-16-11)12(21)10-9-22-13(14-10)20-6-3-2-4-7-20/h9H,2-8H2,1H3,(H,15,16,17,18). The topological polar surface area (TPSA) is 90.9 Å². The van der Waals surface area contributed by atoms with Crippen molar-refractivity contribution in [2.75, 3.05) is 31.6 Å². The van der Waals surface area contributed by atoms with Crippen molar-refractivity contribution in [3.8, 4) is 0 Å². The Morgan fingerprint density at radius 3 is 2.95 bits per heavy atom. The van der Waals surface area contributed by atoms with Gasteiger partial charge in [-0.05, 0) is 19.3 Å². The van der Waals surface area contributed by atoms with Crippen LogP contribution in [0.15, 0.2) is 5.38 Å². The van der Waals surface area contributed by atoms with Gasteiger partial charge in [0, 0.05) is 38.5 Å². The fourth-order valence-corrected chi connectivity index (χ4v) is 3.30. The molecule has 1 aliphatic heterocycles. The molecule has 0 radical (unpaired) electrons. The van der Waals surface area contributed by atoms with Crippen LogP contribution in [-0.2, 0) is 6.42 Å². The third kappa shape index (κ3) is 3.41. The average Bonchev–Trinajstić information content (AvgIpc) is 3.24. The Morgan fingerprint density at radius 1 is 1.41 bits per heavy atom. The Balaban J connectivity index is 1.58. The van der Waals surface area contributed by atoms with E-state index in [9.17, 15) is 4.79 Å². The number of carbonyl (C=O) groups is 1. The van der Waals surface area contributed by atoms with Crippen molar-refractivity contribution in [2.24, 2.45) is 0 Å². The average molecular weight is 321 g/mol. The van der Waals surface area contributed by atoms with E-state index in [-0.39, 0.29) is 5.91 Å². The maximum absolute atomic E-state index is 12.4. The number of amides is 1. The van der Waals surface area contributed by atoms with E-state index in [2.05, 4.69) is 30.5 Å². The zero-order valence-corrected chi connectivity index (χ0v) is 13.3. The maximum Gasteiger partial charge on any atom is 0.273 e. The van der Waals surface area contributed by atoms with Crippen molar-refractivity contribution < 1.29 is 4.79 Å². The van der Waals surface area contributed by atoms with Crippen molar-refractivity contribution in [2.45, 2.75) is 25.7 Å². The summed E-state index contributed by atoms with van der Waals surface area (Å²) in [5, 5.41) is 16.5. The van der Waals surface area contributed by atoms with Gasteiger partial charge in [-0.1, -0.05) is 5.21 Å². The van der Waals surface area contributed by atoms with Crippen LogP contribution < -0.4 is 4.90 Å². The Labute approximate surface area is 132 Å². The van der Waals surface area contributed by atoms with Crippen LogP contribution in [0.5, 0.6) is 0 Å². The Kier molecular flexibility index (Phi) is 4.62. The van der Waals surface area contributed by atoms with Gasteiger partial charge in [-0.15, -0.1) is 21.5 Å². The van der Waals surface area contributed by atoms with Crippen molar-refractivity contribution >= 4 is 22.4 Å². The summed E-state index contributed by atoms with van der Waals surface area (Å²) in [5.41, 5.74) is 0.515. The van der Waals surface area contributed by atoms with Gasteiger partial charge in [-0.25, -0.2) is 4.98 Å². The number of nitrogens with one attached hydrogen (secondary N) is 1. The summed E-state index contributed by atoms with van der Waals surface area (Å²) in [6.07, 6.45) is 4.26. The molecule has 0 unspecified atom stereocenters. The summed E-state index contributed by atoms with van der Waals surface area (Å²) in [6, 6.07) is 0. The first-order valence-corrected chi connectivity index (χ1v) is 8.30. The lowest BCUT2D eigenvalue weighted by molar-refractivity contribution is 0.0791. The second kappa shape index (κ2) is 6.82. The molecule has 8 nitrogen and oxygen atoms in total. The van der Waals surface area contributed by atoms with Gasteiger partial charge in [0.15, 0.2) is 11.0 Å².